The van der Waals surface area contributed by atoms with Crippen LogP contribution in [0.1, 0.15) is 6.23 Å². The molecule has 0 radical (unpaired) electrons. The van der Waals surface area contributed by atoms with Crippen molar-refractivity contribution in [2.45, 2.75) is 61.3 Å². The first-order valence-electron chi connectivity index (χ1n) is 10.0. The summed E-state index contributed by atoms with van der Waals surface area (Å²) in [6.07, 6.45) is -14.1. The summed E-state index contributed by atoms with van der Waals surface area (Å²) in [5.74, 6) is -0.167. The van der Waals surface area contributed by atoms with E-state index in [0.29, 0.717) is 0 Å². The number of imidazole rings is 1. The highest BCUT2D eigenvalue weighted by molar-refractivity contribution is 5.82. The lowest BCUT2D eigenvalue weighted by atomic mass is 9.96. The lowest BCUT2D eigenvalue weighted by Crippen LogP contribution is -2.63. The smallest absolute Gasteiger partial charge is 0.224 e. The monoisotopic (exact) mass is 474 g/mol. The van der Waals surface area contributed by atoms with Gasteiger partial charge in [-0.1, -0.05) is 0 Å². The Morgan fingerprint density at radius 3 is 2.24 bits per heavy atom. The van der Waals surface area contributed by atoms with Gasteiger partial charge in [0.15, 0.2) is 24.0 Å². The molecule has 0 amide bonds. The van der Waals surface area contributed by atoms with Gasteiger partial charge in [0.05, 0.1) is 19.5 Å². The first kappa shape index (κ1) is 23.9. The molecule has 2 fully saturated rings. The van der Waals surface area contributed by atoms with Gasteiger partial charge in [0.1, 0.15) is 54.3 Å². The van der Waals surface area contributed by atoms with Crippen LogP contribution in [0.5, 0.6) is 0 Å². The molecule has 11 N–H and O–H groups in total. The van der Waals surface area contributed by atoms with E-state index in [1.165, 1.54) is 10.9 Å². The molecule has 4 heterocycles. The van der Waals surface area contributed by atoms with Crippen molar-refractivity contribution in [2.75, 3.05) is 24.7 Å². The highest BCUT2D eigenvalue weighted by atomic mass is 16.7. The number of nitrogens with two attached hydrogens (primary N) is 2. The number of hydrogen-bond donors (Lipinski definition) is 9. The van der Waals surface area contributed by atoms with Gasteiger partial charge in [0.25, 0.3) is 0 Å². The maximum atomic E-state index is 10.8. The Labute approximate surface area is 185 Å². The SMILES string of the molecule is Nc1nc(N)c2ncn(C3OC(CO)C(OC4OC(CO)C(O)C(O)C4O)C(O)C3O)c2n1. The van der Waals surface area contributed by atoms with E-state index in [0.717, 1.165) is 0 Å². The Kier molecular flexibility index (Phi) is 6.65. The van der Waals surface area contributed by atoms with Crippen molar-refractivity contribution in [3.63, 3.8) is 0 Å². The molecular formula is C17H26N6O10. The third kappa shape index (κ3) is 4.10. The number of hydrogen-bond acceptors (Lipinski definition) is 15. The van der Waals surface area contributed by atoms with Gasteiger partial charge in [-0.2, -0.15) is 9.97 Å². The first-order chi connectivity index (χ1) is 15.7. The van der Waals surface area contributed by atoms with Gasteiger partial charge >= 0.3 is 0 Å². The number of rotatable bonds is 5. The predicted molar refractivity (Wildman–Crippen MR) is 106 cm³/mol. The molecule has 2 aromatic rings. The van der Waals surface area contributed by atoms with Crippen molar-refractivity contribution in [2.24, 2.45) is 0 Å². The van der Waals surface area contributed by atoms with Crippen molar-refractivity contribution in [3.05, 3.63) is 6.33 Å². The van der Waals surface area contributed by atoms with Crippen molar-refractivity contribution in [1.29, 1.82) is 0 Å². The molecule has 33 heavy (non-hydrogen) atoms. The maximum absolute atomic E-state index is 10.8. The minimum Gasteiger partial charge on any atom is -0.394 e. The molecule has 0 aliphatic carbocycles. The van der Waals surface area contributed by atoms with Gasteiger partial charge in [-0.3, -0.25) is 4.57 Å². The summed E-state index contributed by atoms with van der Waals surface area (Å²) >= 11 is 0. The van der Waals surface area contributed by atoms with Gasteiger partial charge in [0, 0.05) is 0 Å². The normalized spacial score (nSPS) is 39.7. The fourth-order valence-electron chi connectivity index (χ4n) is 3.94. The molecule has 0 aromatic carbocycles. The van der Waals surface area contributed by atoms with Crippen LogP contribution in [-0.4, -0.2) is 124 Å². The Morgan fingerprint density at radius 1 is 0.879 bits per heavy atom. The summed E-state index contributed by atoms with van der Waals surface area (Å²) in [7, 11) is 0. The topological polar surface area (TPSA) is 265 Å². The molecule has 0 spiro atoms. The van der Waals surface area contributed by atoms with Crippen LogP contribution in [0.3, 0.4) is 0 Å². The average Bonchev–Trinajstić information content (AvgIpc) is 3.21. The van der Waals surface area contributed by atoms with Crippen molar-refractivity contribution >= 4 is 22.9 Å². The van der Waals surface area contributed by atoms with E-state index in [-0.39, 0.29) is 22.9 Å². The highest BCUT2D eigenvalue weighted by Crippen LogP contribution is 2.34. The van der Waals surface area contributed by atoms with E-state index >= 15 is 0 Å². The number of aliphatic hydroxyl groups is 7. The molecule has 184 valence electrons. The molecule has 10 atom stereocenters. The Balaban J connectivity index is 1.58. The van der Waals surface area contributed by atoms with E-state index in [1.807, 2.05) is 0 Å². The number of anilines is 2. The van der Waals surface area contributed by atoms with Crippen LogP contribution < -0.4 is 11.5 Å². The van der Waals surface area contributed by atoms with Gasteiger partial charge < -0.3 is 61.4 Å². The van der Waals surface area contributed by atoms with Crippen LogP contribution in [0.4, 0.5) is 11.8 Å². The Morgan fingerprint density at radius 2 is 1.58 bits per heavy atom. The second-order valence-corrected chi connectivity index (χ2v) is 7.82. The maximum Gasteiger partial charge on any atom is 0.224 e. The second-order valence-electron chi connectivity index (χ2n) is 7.82. The number of nitrogen functional groups attached to an aromatic ring is 2. The number of aromatic nitrogens is 4. The largest absolute Gasteiger partial charge is 0.394 e. The summed E-state index contributed by atoms with van der Waals surface area (Å²) in [5.41, 5.74) is 11.7. The quantitative estimate of drug-likeness (QED) is 0.196. The first-order valence-corrected chi connectivity index (χ1v) is 10.0. The summed E-state index contributed by atoms with van der Waals surface area (Å²) < 4.78 is 17.8. The van der Waals surface area contributed by atoms with Crippen LogP contribution in [0.15, 0.2) is 6.33 Å². The van der Waals surface area contributed by atoms with E-state index in [2.05, 4.69) is 15.0 Å². The van der Waals surface area contributed by atoms with Crippen LogP contribution in [0.2, 0.25) is 0 Å². The second kappa shape index (κ2) is 9.18. The van der Waals surface area contributed by atoms with Crippen LogP contribution in [-0.2, 0) is 14.2 Å². The molecule has 2 aliphatic rings. The zero-order chi connectivity index (χ0) is 24.0. The van der Waals surface area contributed by atoms with Crippen molar-refractivity contribution in [3.8, 4) is 0 Å². The molecule has 0 bridgehead atoms. The summed E-state index contributed by atoms with van der Waals surface area (Å²) in [6, 6.07) is 0. The van der Waals surface area contributed by atoms with E-state index in [4.69, 9.17) is 25.7 Å². The fraction of sp³-hybridized carbons (Fsp3) is 0.706. The Hall–Kier alpha value is -2.25. The van der Waals surface area contributed by atoms with Gasteiger partial charge in [0.2, 0.25) is 5.95 Å². The number of fused-ring (bicyclic) bond motifs is 1. The van der Waals surface area contributed by atoms with Gasteiger partial charge in [-0.15, -0.1) is 0 Å². The van der Waals surface area contributed by atoms with Crippen LogP contribution in [0.25, 0.3) is 11.2 Å². The molecule has 2 aromatic heterocycles. The molecule has 10 unspecified atom stereocenters. The molecule has 4 rings (SSSR count). The number of ether oxygens (including phenoxy) is 3. The van der Waals surface area contributed by atoms with Gasteiger partial charge in [-0.25, -0.2) is 4.98 Å². The van der Waals surface area contributed by atoms with Crippen LogP contribution in [0, 0.1) is 0 Å². The fourth-order valence-corrected chi connectivity index (χ4v) is 3.94. The molecule has 2 saturated heterocycles. The Bertz CT molecular complexity index is 975. The molecule has 0 saturated carbocycles. The zero-order valence-electron chi connectivity index (χ0n) is 17.1. The summed E-state index contributed by atoms with van der Waals surface area (Å²) in [6.45, 7) is -1.38. The van der Waals surface area contributed by atoms with Crippen LogP contribution >= 0.6 is 0 Å². The van der Waals surface area contributed by atoms with E-state index in [9.17, 15) is 35.7 Å². The highest BCUT2D eigenvalue weighted by Gasteiger charge is 2.51. The van der Waals surface area contributed by atoms with Gasteiger partial charge in [-0.05, 0) is 0 Å². The molecule has 2 aliphatic heterocycles. The van der Waals surface area contributed by atoms with Crippen molar-refractivity contribution in [1.82, 2.24) is 19.5 Å². The summed E-state index contributed by atoms with van der Waals surface area (Å²) in [5, 5.41) is 70.7. The third-order valence-corrected chi connectivity index (χ3v) is 5.72. The zero-order valence-corrected chi connectivity index (χ0v) is 17.1. The standard InChI is InChI=1S/C17H26N6O10/c18-13-6-14(22-17(19)21-13)23(3-20-6)15-10(29)9(28)12(5(2-25)31-15)33-16-11(30)8(27)7(26)4(1-24)32-16/h3-5,7-12,15-16,24-30H,1-2H2,(H4,18,19,21,22). The molecular weight excluding hydrogens is 448 g/mol. The minimum absolute atomic E-state index is 0.00960. The number of nitrogens with zero attached hydrogens (tertiary/aromatic N) is 4. The molecule has 16 nitrogen and oxygen atoms in total. The van der Waals surface area contributed by atoms with E-state index in [1.54, 1.807) is 0 Å². The molecule has 16 heteroatoms. The van der Waals surface area contributed by atoms with Crippen molar-refractivity contribution < 1.29 is 50.0 Å². The lowest BCUT2D eigenvalue weighted by Gasteiger charge is -2.46. The summed E-state index contributed by atoms with van der Waals surface area (Å²) in [4.78, 5) is 11.9. The average molecular weight is 474 g/mol. The van der Waals surface area contributed by atoms with E-state index < -0.39 is 74.6 Å². The predicted octanol–water partition coefficient (Wildman–Crippen LogP) is -5.21. The minimum atomic E-state index is -1.76. The number of aliphatic hydroxyl groups excluding tert-OH is 7. The lowest BCUT2D eigenvalue weighted by molar-refractivity contribution is -0.346. The third-order valence-electron chi connectivity index (χ3n) is 5.72.